The van der Waals surface area contributed by atoms with Gasteiger partial charge >= 0.3 is 5.97 Å². The highest BCUT2D eigenvalue weighted by Gasteiger charge is 2.08. The maximum atomic E-state index is 10.4. The maximum Gasteiger partial charge on any atom is 0.303 e. The van der Waals surface area contributed by atoms with E-state index in [1.165, 1.54) is 0 Å². The zero-order valence-corrected chi connectivity index (χ0v) is 11.2. The van der Waals surface area contributed by atoms with Gasteiger partial charge in [-0.05, 0) is 38.2 Å². The van der Waals surface area contributed by atoms with Crippen molar-refractivity contribution in [2.75, 3.05) is 20.7 Å². The molecule has 1 aromatic rings. The molecule has 0 bridgehead atoms. The highest BCUT2D eigenvalue weighted by Crippen LogP contribution is 2.21. The number of methoxy groups -OCH3 is 1. The lowest BCUT2D eigenvalue weighted by atomic mass is 10.1. The van der Waals surface area contributed by atoms with Gasteiger partial charge in [0.15, 0.2) is 0 Å². The Morgan fingerprint density at radius 3 is 2.84 bits per heavy atom. The highest BCUT2D eigenvalue weighted by atomic mass is 16.5. The fourth-order valence-electron chi connectivity index (χ4n) is 1.84. The Balaban J connectivity index is 2.64. The summed E-state index contributed by atoms with van der Waals surface area (Å²) >= 11 is 0. The van der Waals surface area contributed by atoms with Gasteiger partial charge in [-0.1, -0.05) is 0 Å². The van der Waals surface area contributed by atoms with Crippen LogP contribution >= 0.6 is 0 Å². The van der Waals surface area contributed by atoms with E-state index in [4.69, 9.17) is 15.1 Å². The van der Waals surface area contributed by atoms with Crippen molar-refractivity contribution in [2.24, 2.45) is 0 Å². The Morgan fingerprint density at radius 2 is 2.26 bits per heavy atom. The van der Waals surface area contributed by atoms with Crippen LogP contribution in [0.4, 0.5) is 0 Å². The molecule has 0 radical (unpaired) electrons. The molecule has 0 saturated carbocycles. The molecule has 0 aliphatic heterocycles. The van der Waals surface area contributed by atoms with E-state index in [-0.39, 0.29) is 6.42 Å². The third-order valence-electron chi connectivity index (χ3n) is 2.78. The van der Waals surface area contributed by atoms with Crippen molar-refractivity contribution < 1.29 is 14.6 Å². The molecule has 19 heavy (non-hydrogen) atoms. The molecule has 0 unspecified atom stereocenters. The summed E-state index contributed by atoms with van der Waals surface area (Å²) in [6, 6.07) is 7.39. The van der Waals surface area contributed by atoms with E-state index in [9.17, 15) is 4.79 Å². The van der Waals surface area contributed by atoms with Gasteiger partial charge in [-0.3, -0.25) is 4.79 Å². The molecule has 0 saturated heterocycles. The molecule has 0 aliphatic carbocycles. The number of aliphatic carboxylic acids is 1. The summed E-state index contributed by atoms with van der Waals surface area (Å²) in [4.78, 5) is 12.5. The summed E-state index contributed by atoms with van der Waals surface area (Å²) in [5.74, 6) is -0.0402. The minimum Gasteiger partial charge on any atom is -0.496 e. The van der Waals surface area contributed by atoms with Crippen LogP contribution in [-0.4, -0.2) is 36.7 Å². The molecule has 1 aromatic carbocycles. The van der Waals surface area contributed by atoms with Crippen LogP contribution in [0.3, 0.4) is 0 Å². The van der Waals surface area contributed by atoms with E-state index < -0.39 is 5.97 Å². The lowest BCUT2D eigenvalue weighted by Crippen LogP contribution is -2.20. The number of nitriles is 1. The van der Waals surface area contributed by atoms with Crippen molar-refractivity contribution in [3.05, 3.63) is 29.3 Å². The molecule has 5 heteroatoms. The molecule has 1 N–H and O–H groups in total. The number of hydrogen-bond donors (Lipinski definition) is 1. The number of benzene rings is 1. The van der Waals surface area contributed by atoms with Gasteiger partial charge in [0.25, 0.3) is 0 Å². The predicted octanol–water partition coefficient (Wildman–Crippen LogP) is 1.86. The summed E-state index contributed by atoms with van der Waals surface area (Å²) < 4.78 is 5.26. The molecule has 0 amide bonds. The van der Waals surface area contributed by atoms with E-state index in [0.29, 0.717) is 25.1 Å². The number of hydrogen-bond acceptors (Lipinski definition) is 4. The Labute approximate surface area is 113 Å². The molecule has 102 valence electrons. The Bertz CT molecular complexity index is 480. The average Bonchev–Trinajstić information content (AvgIpc) is 2.38. The van der Waals surface area contributed by atoms with Crippen molar-refractivity contribution in [1.29, 1.82) is 5.26 Å². The van der Waals surface area contributed by atoms with E-state index in [1.807, 2.05) is 11.9 Å². The number of nitrogens with zero attached hydrogens (tertiary/aromatic N) is 2. The third-order valence-corrected chi connectivity index (χ3v) is 2.78. The largest absolute Gasteiger partial charge is 0.496 e. The first kappa shape index (κ1) is 15.0. The summed E-state index contributed by atoms with van der Waals surface area (Å²) in [5.41, 5.74) is 1.52. The van der Waals surface area contributed by atoms with Gasteiger partial charge in [0.1, 0.15) is 5.75 Å². The molecule has 0 fully saturated rings. The van der Waals surface area contributed by atoms with Gasteiger partial charge < -0.3 is 14.7 Å². The minimum atomic E-state index is -0.780. The Morgan fingerprint density at radius 1 is 1.53 bits per heavy atom. The first-order chi connectivity index (χ1) is 9.06. The zero-order chi connectivity index (χ0) is 14.3. The molecule has 0 aromatic heterocycles. The van der Waals surface area contributed by atoms with Gasteiger partial charge in [0.2, 0.25) is 0 Å². The summed E-state index contributed by atoms with van der Waals surface area (Å²) in [6.45, 7) is 1.31. The molecule has 5 nitrogen and oxygen atoms in total. The Kier molecular flexibility index (Phi) is 5.83. The summed E-state index contributed by atoms with van der Waals surface area (Å²) in [7, 11) is 3.51. The van der Waals surface area contributed by atoms with Gasteiger partial charge in [0.05, 0.1) is 18.7 Å². The fraction of sp³-hybridized carbons (Fsp3) is 0.429. The smallest absolute Gasteiger partial charge is 0.303 e. The number of carboxylic acids is 1. The van der Waals surface area contributed by atoms with E-state index in [1.54, 1.807) is 25.3 Å². The molecule has 0 heterocycles. The number of rotatable bonds is 7. The van der Waals surface area contributed by atoms with Crippen LogP contribution in [-0.2, 0) is 11.3 Å². The maximum absolute atomic E-state index is 10.4. The molecule has 0 atom stereocenters. The standard InChI is InChI=1S/C14H18N2O3/c1-16(7-3-4-14(17)18)10-12-8-11(9-15)5-6-13(12)19-2/h5-6,8H,3-4,7,10H2,1-2H3,(H,17,18). The van der Waals surface area contributed by atoms with E-state index in [2.05, 4.69) is 6.07 Å². The molecule has 1 rings (SSSR count). The van der Waals surface area contributed by atoms with E-state index >= 15 is 0 Å². The normalized spacial score (nSPS) is 10.2. The highest BCUT2D eigenvalue weighted by molar-refractivity contribution is 5.66. The van der Waals surface area contributed by atoms with Gasteiger partial charge in [0, 0.05) is 18.5 Å². The quantitative estimate of drug-likeness (QED) is 0.812. The minimum absolute atomic E-state index is 0.166. The average molecular weight is 262 g/mol. The zero-order valence-electron chi connectivity index (χ0n) is 11.2. The van der Waals surface area contributed by atoms with Crippen LogP contribution in [0.2, 0.25) is 0 Å². The van der Waals surface area contributed by atoms with Crippen LogP contribution in [0.25, 0.3) is 0 Å². The van der Waals surface area contributed by atoms with Crippen molar-refractivity contribution in [3.8, 4) is 11.8 Å². The first-order valence-corrected chi connectivity index (χ1v) is 6.04. The van der Waals surface area contributed by atoms with Crippen LogP contribution in [0.1, 0.15) is 24.0 Å². The summed E-state index contributed by atoms with van der Waals surface area (Å²) in [5, 5.41) is 17.5. The number of ether oxygens (including phenoxy) is 1. The lowest BCUT2D eigenvalue weighted by molar-refractivity contribution is -0.137. The molecule has 0 aliphatic rings. The van der Waals surface area contributed by atoms with E-state index in [0.717, 1.165) is 11.3 Å². The van der Waals surface area contributed by atoms with Gasteiger partial charge in [-0.15, -0.1) is 0 Å². The number of carbonyl (C=O) groups is 1. The Hall–Kier alpha value is -2.06. The van der Waals surface area contributed by atoms with Crippen LogP contribution in [0.15, 0.2) is 18.2 Å². The van der Waals surface area contributed by atoms with Crippen molar-refractivity contribution in [1.82, 2.24) is 4.90 Å². The third kappa shape index (κ3) is 4.98. The molecule has 0 spiro atoms. The number of carboxylic acid groups (broad SMARTS) is 1. The van der Waals surface area contributed by atoms with Gasteiger partial charge in [-0.2, -0.15) is 5.26 Å². The molecular weight excluding hydrogens is 244 g/mol. The van der Waals surface area contributed by atoms with Crippen LogP contribution in [0.5, 0.6) is 5.75 Å². The monoisotopic (exact) mass is 262 g/mol. The second kappa shape index (κ2) is 7.39. The second-order valence-electron chi connectivity index (χ2n) is 4.37. The SMILES string of the molecule is COc1ccc(C#N)cc1CN(C)CCCC(=O)O. The summed E-state index contributed by atoms with van der Waals surface area (Å²) in [6.07, 6.45) is 0.770. The van der Waals surface area contributed by atoms with Gasteiger partial charge in [-0.25, -0.2) is 0 Å². The fourth-order valence-corrected chi connectivity index (χ4v) is 1.84. The van der Waals surface area contributed by atoms with Crippen LogP contribution < -0.4 is 4.74 Å². The van der Waals surface area contributed by atoms with Crippen molar-refractivity contribution in [2.45, 2.75) is 19.4 Å². The first-order valence-electron chi connectivity index (χ1n) is 6.04. The second-order valence-corrected chi connectivity index (χ2v) is 4.37. The van der Waals surface area contributed by atoms with Crippen molar-refractivity contribution >= 4 is 5.97 Å². The predicted molar refractivity (Wildman–Crippen MR) is 70.9 cm³/mol. The topological polar surface area (TPSA) is 73.6 Å². The lowest BCUT2D eigenvalue weighted by Gasteiger charge is -2.18. The van der Waals surface area contributed by atoms with Crippen molar-refractivity contribution in [3.63, 3.8) is 0 Å². The van der Waals surface area contributed by atoms with Crippen LogP contribution in [0, 0.1) is 11.3 Å². The molecular formula is C14H18N2O3.